The average molecular weight is 298 g/mol. The number of hydrogen-bond acceptors (Lipinski definition) is 0. The summed E-state index contributed by atoms with van der Waals surface area (Å²) in [4.78, 5) is 0. The third kappa shape index (κ3) is 3.98. The zero-order chi connectivity index (χ0) is 16.1. The SMILES string of the molecule is CC1=CC=CC(C)C=C1.c1ccc2cc3ccccc3cc2c1. The average Bonchev–Trinajstić information content (AvgIpc) is 2.77. The van der Waals surface area contributed by atoms with Crippen LogP contribution in [0.5, 0.6) is 0 Å². The summed E-state index contributed by atoms with van der Waals surface area (Å²) < 4.78 is 0. The molecule has 0 saturated heterocycles. The molecule has 0 amide bonds. The molecule has 0 spiro atoms. The van der Waals surface area contributed by atoms with Crippen molar-refractivity contribution in [1.29, 1.82) is 0 Å². The molecule has 0 N–H and O–H groups in total. The molecule has 3 aromatic rings. The highest BCUT2D eigenvalue weighted by Gasteiger charge is 1.95. The van der Waals surface area contributed by atoms with E-state index in [1.807, 2.05) is 0 Å². The van der Waals surface area contributed by atoms with Crippen LogP contribution in [0.1, 0.15) is 13.8 Å². The van der Waals surface area contributed by atoms with Crippen molar-refractivity contribution < 1.29 is 0 Å². The standard InChI is InChI=1S/C14H10.C9H12/c1-2-6-12-10-14-8-4-3-7-13(14)9-11(12)5-1;1-8-4-3-5-9(2)7-6-8/h1-10H;3-8H,1-2H3. The van der Waals surface area contributed by atoms with Crippen molar-refractivity contribution in [1.82, 2.24) is 0 Å². The van der Waals surface area contributed by atoms with E-state index < -0.39 is 0 Å². The zero-order valence-corrected chi connectivity index (χ0v) is 13.7. The van der Waals surface area contributed by atoms with Gasteiger partial charge in [-0.15, -0.1) is 0 Å². The fourth-order valence-electron chi connectivity index (χ4n) is 2.69. The van der Waals surface area contributed by atoms with Crippen LogP contribution in [0.25, 0.3) is 21.5 Å². The Balaban J connectivity index is 0.000000151. The fourth-order valence-corrected chi connectivity index (χ4v) is 2.69. The minimum Gasteiger partial charge on any atom is -0.0779 e. The highest BCUT2D eigenvalue weighted by Crippen LogP contribution is 2.22. The maximum Gasteiger partial charge on any atom is -0.00755 e. The van der Waals surface area contributed by atoms with Gasteiger partial charge in [0.1, 0.15) is 0 Å². The van der Waals surface area contributed by atoms with Crippen LogP contribution in [0.15, 0.2) is 96.6 Å². The second-order valence-corrected chi connectivity index (χ2v) is 6.06. The van der Waals surface area contributed by atoms with Gasteiger partial charge in [-0.3, -0.25) is 0 Å². The molecule has 1 atom stereocenters. The Labute approximate surface area is 138 Å². The van der Waals surface area contributed by atoms with Gasteiger partial charge in [0.25, 0.3) is 0 Å². The van der Waals surface area contributed by atoms with Crippen LogP contribution in [0.4, 0.5) is 0 Å². The number of fused-ring (bicyclic) bond motifs is 2. The van der Waals surface area contributed by atoms with Gasteiger partial charge in [-0.1, -0.05) is 91.4 Å². The molecular weight excluding hydrogens is 276 g/mol. The molecule has 0 saturated carbocycles. The number of rotatable bonds is 0. The van der Waals surface area contributed by atoms with Gasteiger partial charge in [-0.25, -0.2) is 0 Å². The number of allylic oxidation sites excluding steroid dienone is 6. The van der Waals surface area contributed by atoms with E-state index in [0.717, 1.165) is 0 Å². The first-order chi connectivity index (χ1) is 11.2. The van der Waals surface area contributed by atoms with Crippen LogP contribution in [0.2, 0.25) is 0 Å². The third-order valence-corrected chi connectivity index (χ3v) is 4.05. The van der Waals surface area contributed by atoms with Crippen molar-refractivity contribution in [3.63, 3.8) is 0 Å². The normalized spacial score (nSPS) is 16.6. The maximum atomic E-state index is 2.24. The summed E-state index contributed by atoms with van der Waals surface area (Å²) in [5.74, 6) is 0.596. The maximum absolute atomic E-state index is 2.24. The minimum atomic E-state index is 0.596. The van der Waals surface area contributed by atoms with Crippen molar-refractivity contribution >= 4 is 21.5 Å². The first kappa shape index (κ1) is 15.3. The molecule has 1 aliphatic rings. The quantitative estimate of drug-likeness (QED) is 0.406. The molecule has 23 heavy (non-hydrogen) atoms. The summed E-state index contributed by atoms with van der Waals surface area (Å²) >= 11 is 0. The van der Waals surface area contributed by atoms with Gasteiger partial charge in [0, 0.05) is 0 Å². The van der Waals surface area contributed by atoms with Gasteiger partial charge >= 0.3 is 0 Å². The summed E-state index contributed by atoms with van der Waals surface area (Å²) in [6.45, 7) is 4.29. The largest absolute Gasteiger partial charge is 0.0779 e. The molecule has 114 valence electrons. The molecular formula is C23H22. The fraction of sp³-hybridized carbons (Fsp3) is 0.130. The van der Waals surface area contributed by atoms with Crippen LogP contribution in [0.3, 0.4) is 0 Å². The van der Waals surface area contributed by atoms with Crippen molar-refractivity contribution in [2.75, 3.05) is 0 Å². The lowest BCUT2D eigenvalue weighted by Gasteiger charge is -2.00. The molecule has 3 aromatic carbocycles. The molecule has 1 aliphatic carbocycles. The highest BCUT2D eigenvalue weighted by atomic mass is 14.0. The lowest BCUT2D eigenvalue weighted by atomic mass is 10.0. The topological polar surface area (TPSA) is 0 Å². The predicted octanol–water partition coefficient (Wildman–Crippen LogP) is 6.69. The summed E-state index contributed by atoms with van der Waals surface area (Å²) in [5.41, 5.74) is 1.33. The second kappa shape index (κ2) is 7.11. The Hall–Kier alpha value is -2.60. The van der Waals surface area contributed by atoms with E-state index >= 15 is 0 Å². The summed E-state index contributed by atoms with van der Waals surface area (Å²) in [6, 6.07) is 21.4. The van der Waals surface area contributed by atoms with Gasteiger partial charge < -0.3 is 0 Å². The molecule has 0 aromatic heterocycles. The lowest BCUT2D eigenvalue weighted by molar-refractivity contribution is 0.942. The summed E-state index contributed by atoms with van der Waals surface area (Å²) in [7, 11) is 0. The van der Waals surface area contributed by atoms with Gasteiger partial charge in [0.15, 0.2) is 0 Å². The second-order valence-electron chi connectivity index (χ2n) is 6.06. The Kier molecular flexibility index (Phi) is 4.73. The van der Waals surface area contributed by atoms with Crippen LogP contribution in [-0.4, -0.2) is 0 Å². The summed E-state index contributed by atoms with van der Waals surface area (Å²) in [5, 5.41) is 5.25. The molecule has 4 rings (SSSR count). The Bertz CT molecular complexity index is 789. The van der Waals surface area contributed by atoms with E-state index in [4.69, 9.17) is 0 Å². The first-order valence-electron chi connectivity index (χ1n) is 8.13. The highest BCUT2D eigenvalue weighted by molar-refractivity contribution is 5.98. The molecule has 0 aliphatic heterocycles. The van der Waals surface area contributed by atoms with E-state index in [1.165, 1.54) is 27.1 Å². The number of benzene rings is 3. The van der Waals surface area contributed by atoms with Gasteiger partial charge in [-0.05, 0) is 46.5 Å². The van der Waals surface area contributed by atoms with Crippen LogP contribution < -0.4 is 0 Å². The molecule has 0 heteroatoms. The molecule has 0 radical (unpaired) electrons. The zero-order valence-electron chi connectivity index (χ0n) is 13.7. The molecule has 0 fully saturated rings. The lowest BCUT2D eigenvalue weighted by Crippen LogP contribution is -1.78. The monoisotopic (exact) mass is 298 g/mol. The van der Waals surface area contributed by atoms with Crippen molar-refractivity contribution in [2.24, 2.45) is 5.92 Å². The van der Waals surface area contributed by atoms with Crippen LogP contribution in [0, 0.1) is 5.92 Å². The Morgan fingerprint density at radius 1 is 0.696 bits per heavy atom. The minimum absolute atomic E-state index is 0.596. The van der Waals surface area contributed by atoms with Gasteiger partial charge in [0.05, 0.1) is 0 Å². The van der Waals surface area contributed by atoms with Crippen molar-refractivity contribution in [3.8, 4) is 0 Å². The van der Waals surface area contributed by atoms with E-state index in [2.05, 4.69) is 105 Å². The van der Waals surface area contributed by atoms with E-state index in [9.17, 15) is 0 Å². The summed E-state index contributed by atoms with van der Waals surface area (Å²) in [6.07, 6.45) is 10.8. The van der Waals surface area contributed by atoms with Crippen molar-refractivity contribution in [2.45, 2.75) is 13.8 Å². The smallest absolute Gasteiger partial charge is 0.00755 e. The number of hydrogen-bond donors (Lipinski definition) is 0. The van der Waals surface area contributed by atoms with Gasteiger partial charge in [0.2, 0.25) is 0 Å². The van der Waals surface area contributed by atoms with Crippen molar-refractivity contribution in [3.05, 3.63) is 96.6 Å². The van der Waals surface area contributed by atoms with Gasteiger partial charge in [-0.2, -0.15) is 0 Å². The first-order valence-corrected chi connectivity index (χ1v) is 8.13. The molecule has 0 bridgehead atoms. The van der Waals surface area contributed by atoms with E-state index in [-0.39, 0.29) is 0 Å². The van der Waals surface area contributed by atoms with Crippen LogP contribution in [-0.2, 0) is 0 Å². The molecule has 1 unspecified atom stereocenters. The van der Waals surface area contributed by atoms with E-state index in [1.54, 1.807) is 0 Å². The Morgan fingerprint density at radius 2 is 1.17 bits per heavy atom. The third-order valence-electron chi connectivity index (χ3n) is 4.05. The molecule has 0 heterocycles. The Morgan fingerprint density at radius 3 is 1.65 bits per heavy atom. The van der Waals surface area contributed by atoms with E-state index in [0.29, 0.717) is 5.92 Å². The van der Waals surface area contributed by atoms with Crippen LogP contribution >= 0.6 is 0 Å². The molecule has 0 nitrogen and oxygen atoms in total. The predicted molar refractivity (Wildman–Crippen MR) is 103 cm³/mol.